The summed E-state index contributed by atoms with van der Waals surface area (Å²) in [6.07, 6.45) is 1.39. The predicted molar refractivity (Wildman–Crippen MR) is 57.6 cm³/mol. The molecule has 0 saturated heterocycles. The summed E-state index contributed by atoms with van der Waals surface area (Å²) in [5.74, 6) is 0.576. The first-order valence-electron chi connectivity index (χ1n) is 4.01. The summed E-state index contributed by atoms with van der Waals surface area (Å²) in [5, 5.41) is 0. The summed E-state index contributed by atoms with van der Waals surface area (Å²) in [6, 6.07) is 0. The van der Waals surface area contributed by atoms with E-state index in [1.165, 1.54) is 0 Å². The molecular formula is C8H11IN2O2. The van der Waals surface area contributed by atoms with Crippen LogP contribution in [0.1, 0.15) is 25.8 Å². The molecule has 0 radical (unpaired) electrons. The number of halogens is 1. The number of aromatic nitrogens is 2. The zero-order chi connectivity index (χ0) is 9.84. The van der Waals surface area contributed by atoms with Gasteiger partial charge in [-0.2, -0.15) is 0 Å². The molecule has 0 bridgehead atoms. The molecule has 0 aromatic carbocycles. The van der Waals surface area contributed by atoms with Crippen molar-refractivity contribution in [3.8, 4) is 0 Å². The Labute approximate surface area is 89.9 Å². The zero-order valence-electron chi connectivity index (χ0n) is 7.50. The Kier molecular flexibility index (Phi) is 3.86. The maximum Gasteiger partial charge on any atom is 0.264 e. The summed E-state index contributed by atoms with van der Waals surface area (Å²) in [7, 11) is 0. The number of hydrogen-bond donors (Lipinski definition) is 1. The fourth-order valence-corrected chi connectivity index (χ4v) is 1.20. The summed E-state index contributed by atoms with van der Waals surface area (Å²) < 4.78 is 5.88. The summed E-state index contributed by atoms with van der Waals surface area (Å²) in [4.78, 5) is 17.9. The Morgan fingerprint density at radius 3 is 3.00 bits per heavy atom. The van der Waals surface area contributed by atoms with Crippen molar-refractivity contribution < 1.29 is 4.74 Å². The third-order valence-electron chi connectivity index (χ3n) is 1.58. The lowest BCUT2D eigenvalue weighted by atomic mass is 10.4. The number of H-pyrrole nitrogens is 1. The molecule has 1 unspecified atom stereocenters. The quantitative estimate of drug-likeness (QED) is 0.859. The summed E-state index contributed by atoms with van der Waals surface area (Å²) in [6.45, 7) is 4.37. The van der Waals surface area contributed by atoms with E-state index in [2.05, 4.69) is 9.97 Å². The molecule has 1 aromatic rings. The first-order chi connectivity index (χ1) is 6.15. The predicted octanol–water partition coefficient (Wildman–Crippen LogP) is 1.47. The largest absolute Gasteiger partial charge is 0.371 e. The molecule has 13 heavy (non-hydrogen) atoms. The van der Waals surface area contributed by atoms with Crippen LogP contribution >= 0.6 is 22.6 Å². The van der Waals surface area contributed by atoms with Gasteiger partial charge >= 0.3 is 0 Å². The number of ether oxygens (including phenoxy) is 1. The van der Waals surface area contributed by atoms with E-state index in [4.69, 9.17) is 4.74 Å². The van der Waals surface area contributed by atoms with E-state index in [1.54, 1.807) is 6.20 Å². The molecule has 0 aliphatic rings. The first-order valence-corrected chi connectivity index (χ1v) is 5.09. The van der Waals surface area contributed by atoms with Crippen molar-refractivity contribution in [3.05, 3.63) is 25.9 Å². The van der Waals surface area contributed by atoms with Crippen LogP contribution in [0.2, 0.25) is 0 Å². The van der Waals surface area contributed by atoms with Crippen LogP contribution in [0.15, 0.2) is 11.0 Å². The lowest BCUT2D eigenvalue weighted by molar-refractivity contribution is 0.0698. The topological polar surface area (TPSA) is 55.0 Å². The van der Waals surface area contributed by atoms with Crippen molar-refractivity contribution in [2.45, 2.75) is 20.0 Å². The van der Waals surface area contributed by atoms with Crippen LogP contribution in [0, 0.1) is 3.57 Å². The van der Waals surface area contributed by atoms with Crippen LogP contribution in [0.25, 0.3) is 0 Å². The number of rotatable bonds is 3. The Hall–Kier alpha value is -0.430. The van der Waals surface area contributed by atoms with Crippen molar-refractivity contribution in [2.24, 2.45) is 0 Å². The maximum absolute atomic E-state index is 11.2. The van der Waals surface area contributed by atoms with Gasteiger partial charge in [0.15, 0.2) is 0 Å². The average molecular weight is 294 g/mol. The molecule has 0 aliphatic carbocycles. The molecule has 5 heteroatoms. The molecule has 72 valence electrons. The van der Waals surface area contributed by atoms with E-state index in [0.717, 1.165) is 0 Å². The van der Waals surface area contributed by atoms with Gasteiger partial charge in [0.2, 0.25) is 0 Å². The zero-order valence-corrected chi connectivity index (χ0v) is 9.66. The second-order valence-corrected chi connectivity index (χ2v) is 3.71. The lowest BCUT2D eigenvalue weighted by Crippen LogP contribution is -2.16. The van der Waals surface area contributed by atoms with Gasteiger partial charge in [0.1, 0.15) is 11.9 Å². The minimum atomic E-state index is -0.158. The molecule has 1 heterocycles. The fraction of sp³-hybridized carbons (Fsp3) is 0.500. The minimum absolute atomic E-state index is 0.114. The SMILES string of the molecule is CCOC(C)c1ncc(I)c(=O)[nH]1. The Balaban J connectivity index is 2.90. The lowest BCUT2D eigenvalue weighted by Gasteiger charge is -2.09. The molecule has 1 N–H and O–H groups in total. The van der Waals surface area contributed by atoms with Crippen LogP contribution < -0.4 is 5.56 Å². The van der Waals surface area contributed by atoms with Gasteiger partial charge in [-0.3, -0.25) is 4.79 Å². The second kappa shape index (κ2) is 4.71. The molecule has 1 atom stereocenters. The molecule has 0 aliphatic heterocycles. The van der Waals surface area contributed by atoms with Crippen LogP contribution in [0.4, 0.5) is 0 Å². The van der Waals surface area contributed by atoms with Gasteiger partial charge in [0.25, 0.3) is 5.56 Å². The first kappa shape index (κ1) is 10.6. The maximum atomic E-state index is 11.2. The number of nitrogens with zero attached hydrogens (tertiary/aromatic N) is 1. The highest BCUT2D eigenvalue weighted by Gasteiger charge is 2.07. The highest BCUT2D eigenvalue weighted by Crippen LogP contribution is 2.09. The number of aromatic amines is 1. The third-order valence-corrected chi connectivity index (χ3v) is 2.35. The monoisotopic (exact) mass is 294 g/mol. The fourth-order valence-electron chi connectivity index (χ4n) is 0.929. The van der Waals surface area contributed by atoms with E-state index in [9.17, 15) is 4.79 Å². The normalized spacial score (nSPS) is 12.8. The third kappa shape index (κ3) is 2.77. The molecule has 1 rings (SSSR count). The van der Waals surface area contributed by atoms with Gasteiger partial charge in [0, 0.05) is 12.8 Å². The van der Waals surface area contributed by atoms with E-state index in [1.807, 2.05) is 36.4 Å². The van der Waals surface area contributed by atoms with Gasteiger partial charge < -0.3 is 9.72 Å². The van der Waals surface area contributed by atoms with Crippen LogP contribution in [0.3, 0.4) is 0 Å². The Bertz CT molecular complexity index is 337. The molecule has 0 spiro atoms. The standard InChI is InChI=1S/C8H11IN2O2/c1-3-13-5(2)7-10-4-6(9)8(12)11-7/h4-5H,3H2,1-2H3,(H,10,11,12). The molecular weight excluding hydrogens is 283 g/mol. The van der Waals surface area contributed by atoms with Crippen LogP contribution in [-0.2, 0) is 4.74 Å². The van der Waals surface area contributed by atoms with Crippen molar-refractivity contribution in [1.82, 2.24) is 9.97 Å². The molecule has 0 fully saturated rings. The molecule has 1 aromatic heterocycles. The molecule has 4 nitrogen and oxygen atoms in total. The van der Waals surface area contributed by atoms with Crippen molar-refractivity contribution in [3.63, 3.8) is 0 Å². The van der Waals surface area contributed by atoms with Crippen molar-refractivity contribution in [2.75, 3.05) is 6.61 Å². The Morgan fingerprint density at radius 1 is 1.77 bits per heavy atom. The van der Waals surface area contributed by atoms with E-state index >= 15 is 0 Å². The minimum Gasteiger partial charge on any atom is -0.371 e. The number of nitrogens with one attached hydrogen (secondary N) is 1. The van der Waals surface area contributed by atoms with Crippen LogP contribution in [0.5, 0.6) is 0 Å². The smallest absolute Gasteiger partial charge is 0.264 e. The van der Waals surface area contributed by atoms with Gasteiger partial charge in [-0.15, -0.1) is 0 Å². The van der Waals surface area contributed by atoms with Crippen molar-refractivity contribution in [1.29, 1.82) is 0 Å². The summed E-state index contributed by atoms with van der Waals surface area (Å²) >= 11 is 1.94. The highest BCUT2D eigenvalue weighted by molar-refractivity contribution is 14.1. The highest BCUT2D eigenvalue weighted by atomic mass is 127. The van der Waals surface area contributed by atoms with Crippen LogP contribution in [-0.4, -0.2) is 16.6 Å². The van der Waals surface area contributed by atoms with E-state index in [-0.39, 0.29) is 11.7 Å². The molecule has 0 saturated carbocycles. The van der Waals surface area contributed by atoms with Gasteiger partial charge in [-0.05, 0) is 36.4 Å². The van der Waals surface area contributed by atoms with Crippen molar-refractivity contribution >= 4 is 22.6 Å². The van der Waals surface area contributed by atoms with E-state index < -0.39 is 0 Å². The molecule has 0 amide bonds. The van der Waals surface area contributed by atoms with Gasteiger partial charge in [0.05, 0.1) is 3.57 Å². The van der Waals surface area contributed by atoms with Gasteiger partial charge in [-0.1, -0.05) is 0 Å². The summed E-state index contributed by atoms with van der Waals surface area (Å²) in [5.41, 5.74) is -0.114. The van der Waals surface area contributed by atoms with E-state index in [0.29, 0.717) is 16.0 Å². The Morgan fingerprint density at radius 2 is 2.46 bits per heavy atom. The second-order valence-electron chi connectivity index (χ2n) is 2.54. The average Bonchev–Trinajstić information content (AvgIpc) is 2.10. The number of hydrogen-bond acceptors (Lipinski definition) is 3. The van der Waals surface area contributed by atoms with Gasteiger partial charge in [-0.25, -0.2) is 4.98 Å².